The molecule has 112 valence electrons. The Morgan fingerprint density at radius 1 is 1.35 bits per heavy atom. The van der Waals surface area contributed by atoms with E-state index in [0.29, 0.717) is 6.07 Å². The molecule has 1 rings (SSSR count). The number of hydrogen-bond donors (Lipinski definition) is 2. The number of nitrogens with zero attached hydrogens (tertiary/aromatic N) is 1. The van der Waals surface area contributed by atoms with E-state index in [9.17, 15) is 18.0 Å². The van der Waals surface area contributed by atoms with Gasteiger partial charge >= 0.3 is 0 Å². The Labute approximate surface area is 113 Å². The van der Waals surface area contributed by atoms with E-state index in [1.807, 2.05) is 0 Å². The van der Waals surface area contributed by atoms with Crippen LogP contribution in [-0.2, 0) is 4.74 Å². The van der Waals surface area contributed by atoms with Gasteiger partial charge in [-0.3, -0.25) is 4.79 Å². The number of aromatic hydroxyl groups is 1. The first kappa shape index (κ1) is 16.3. The van der Waals surface area contributed by atoms with Crippen molar-refractivity contribution in [1.82, 2.24) is 4.90 Å². The third kappa shape index (κ3) is 3.40. The Morgan fingerprint density at radius 2 is 2.00 bits per heavy atom. The van der Waals surface area contributed by atoms with Gasteiger partial charge in [0, 0.05) is 26.7 Å². The van der Waals surface area contributed by atoms with E-state index in [0.717, 1.165) is 4.90 Å². The highest BCUT2D eigenvalue weighted by Crippen LogP contribution is 2.26. The predicted octanol–water partition coefficient (Wildman–Crippen LogP) is 0.857. The average molecular weight is 292 g/mol. The molecule has 0 radical (unpaired) electrons. The summed E-state index contributed by atoms with van der Waals surface area (Å²) < 4.78 is 44.6. The van der Waals surface area contributed by atoms with Crippen molar-refractivity contribution in [2.24, 2.45) is 5.73 Å². The lowest BCUT2D eigenvalue weighted by Gasteiger charge is -2.22. The van der Waals surface area contributed by atoms with Crippen LogP contribution in [0.1, 0.15) is 10.4 Å². The van der Waals surface area contributed by atoms with Gasteiger partial charge in [-0.2, -0.15) is 4.39 Å². The lowest BCUT2D eigenvalue weighted by molar-refractivity contribution is 0.0695. The van der Waals surface area contributed by atoms with Gasteiger partial charge in [0.1, 0.15) is 0 Å². The number of phenols is 1. The van der Waals surface area contributed by atoms with Crippen LogP contribution < -0.4 is 5.73 Å². The largest absolute Gasteiger partial charge is 0.503 e. The van der Waals surface area contributed by atoms with Crippen molar-refractivity contribution in [3.05, 3.63) is 29.1 Å². The fourth-order valence-corrected chi connectivity index (χ4v) is 1.59. The monoisotopic (exact) mass is 292 g/mol. The molecule has 0 heterocycles. The van der Waals surface area contributed by atoms with Crippen LogP contribution in [0.5, 0.6) is 5.75 Å². The van der Waals surface area contributed by atoms with Crippen LogP contribution in [0.25, 0.3) is 0 Å². The lowest BCUT2D eigenvalue weighted by atomic mass is 10.1. The molecule has 1 aromatic rings. The van der Waals surface area contributed by atoms with Gasteiger partial charge in [0.2, 0.25) is 5.82 Å². The summed E-state index contributed by atoms with van der Waals surface area (Å²) in [6, 6.07) is 0.406. The molecule has 0 saturated heterocycles. The standard InChI is InChI=1S/C12H15F3N2O3/c1-20-5-4-17(3-2-16)12(19)7-6-8(13)10(15)11(18)9(7)14/h6,18H,2-5,16H2,1H3. The summed E-state index contributed by atoms with van der Waals surface area (Å²) in [6.07, 6.45) is 0. The summed E-state index contributed by atoms with van der Waals surface area (Å²) in [4.78, 5) is 13.2. The van der Waals surface area contributed by atoms with E-state index in [2.05, 4.69) is 0 Å². The Balaban J connectivity index is 3.11. The van der Waals surface area contributed by atoms with Crippen molar-refractivity contribution in [2.75, 3.05) is 33.4 Å². The molecule has 0 aromatic heterocycles. The molecule has 0 aliphatic heterocycles. The molecule has 20 heavy (non-hydrogen) atoms. The summed E-state index contributed by atoms with van der Waals surface area (Å²) in [5.74, 6) is -7.17. The minimum atomic E-state index is -1.73. The number of methoxy groups -OCH3 is 1. The molecule has 0 unspecified atom stereocenters. The third-order valence-electron chi connectivity index (χ3n) is 2.61. The summed E-state index contributed by atoms with van der Waals surface area (Å²) in [5.41, 5.74) is 4.57. The third-order valence-corrected chi connectivity index (χ3v) is 2.61. The maximum atomic E-state index is 13.6. The number of amides is 1. The molecule has 1 aromatic carbocycles. The van der Waals surface area contributed by atoms with E-state index < -0.39 is 34.7 Å². The highest BCUT2D eigenvalue weighted by atomic mass is 19.2. The first-order chi connectivity index (χ1) is 9.43. The Kier molecular flexibility index (Phi) is 5.78. The number of phenolic OH excluding ortho intramolecular Hbond substituents is 1. The number of carbonyl (C=O) groups excluding carboxylic acids is 1. The highest BCUT2D eigenvalue weighted by Gasteiger charge is 2.25. The Bertz CT molecular complexity index is 497. The molecule has 1 amide bonds. The molecule has 0 saturated carbocycles. The van der Waals surface area contributed by atoms with Crippen molar-refractivity contribution in [3.8, 4) is 5.75 Å². The fourth-order valence-electron chi connectivity index (χ4n) is 1.59. The van der Waals surface area contributed by atoms with Crippen molar-refractivity contribution in [2.45, 2.75) is 0 Å². The Morgan fingerprint density at radius 3 is 2.55 bits per heavy atom. The minimum Gasteiger partial charge on any atom is -0.503 e. The zero-order chi connectivity index (χ0) is 15.3. The number of rotatable bonds is 6. The van der Waals surface area contributed by atoms with Gasteiger partial charge in [-0.05, 0) is 6.07 Å². The van der Waals surface area contributed by atoms with E-state index in [4.69, 9.17) is 15.6 Å². The summed E-state index contributed by atoms with van der Waals surface area (Å²) >= 11 is 0. The van der Waals surface area contributed by atoms with Crippen molar-refractivity contribution in [3.63, 3.8) is 0 Å². The van der Waals surface area contributed by atoms with Crippen molar-refractivity contribution in [1.29, 1.82) is 0 Å². The van der Waals surface area contributed by atoms with Gasteiger partial charge in [0.25, 0.3) is 5.91 Å². The maximum absolute atomic E-state index is 13.6. The van der Waals surface area contributed by atoms with Crippen LogP contribution in [0, 0.1) is 17.5 Å². The second kappa shape index (κ2) is 7.11. The second-order valence-corrected chi connectivity index (χ2v) is 3.96. The number of benzene rings is 1. The molecule has 0 bridgehead atoms. The second-order valence-electron chi connectivity index (χ2n) is 3.96. The predicted molar refractivity (Wildman–Crippen MR) is 64.8 cm³/mol. The van der Waals surface area contributed by atoms with Gasteiger partial charge in [-0.25, -0.2) is 8.78 Å². The van der Waals surface area contributed by atoms with Gasteiger partial charge in [0.05, 0.1) is 12.2 Å². The summed E-state index contributed by atoms with van der Waals surface area (Å²) in [6.45, 7) is 0.461. The quantitative estimate of drug-likeness (QED) is 0.762. The summed E-state index contributed by atoms with van der Waals surface area (Å²) in [5, 5.41) is 9.09. The first-order valence-corrected chi connectivity index (χ1v) is 5.78. The number of ether oxygens (including phenoxy) is 1. The molecular formula is C12H15F3N2O3. The highest BCUT2D eigenvalue weighted by molar-refractivity contribution is 5.95. The summed E-state index contributed by atoms with van der Waals surface area (Å²) in [7, 11) is 1.41. The van der Waals surface area contributed by atoms with Crippen LogP contribution >= 0.6 is 0 Å². The lowest BCUT2D eigenvalue weighted by Crippen LogP contribution is -2.38. The van der Waals surface area contributed by atoms with E-state index in [-0.39, 0.29) is 26.2 Å². The number of halogens is 3. The van der Waals surface area contributed by atoms with E-state index in [1.165, 1.54) is 7.11 Å². The molecule has 0 spiro atoms. The van der Waals surface area contributed by atoms with E-state index >= 15 is 0 Å². The van der Waals surface area contributed by atoms with Gasteiger partial charge in [-0.15, -0.1) is 0 Å². The number of nitrogens with two attached hydrogens (primary N) is 1. The maximum Gasteiger partial charge on any atom is 0.257 e. The van der Waals surface area contributed by atoms with Crippen LogP contribution in [0.4, 0.5) is 13.2 Å². The molecule has 0 atom stereocenters. The van der Waals surface area contributed by atoms with Crippen LogP contribution in [0.3, 0.4) is 0 Å². The van der Waals surface area contributed by atoms with Crippen LogP contribution in [0.2, 0.25) is 0 Å². The zero-order valence-electron chi connectivity index (χ0n) is 10.8. The normalized spacial score (nSPS) is 10.7. The minimum absolute atomic E-state index is 0.0847. The van der Waals surface area contributed by atoms with Gasteiger partial charge in [0.15, 0.2) is 17.4 Å². The average Bonchev–Trinajstić information content (AvgIpc) is 2.44. The number of hydrogen-bond acceptors (Lipinski definition) is 4. The molecular weight excluding hydrogens is 277 g/mol. The molecule has 5 nitrogen and oxygen atoms in total. The van der Waals surface area contributed by atoms with Crippen LogP contribution in [0.15, 0.2) is 6.07 Å². The zero-order valence-corrected chi connectivity index (χ0v) is 10.8. The first-order valence-electron chi connectivity index (χ1n) is 5.78. The molecule has 0 aliphatic carbocycles. The SMILES string of the molecule is COCCN(CCN)C(=O)c1cc(F)c(F)c(O)c1F. The van der Waals surface area contributed by atoms with Gasteiger partial charge < -0.3 is 20.5 Å². The molecule has 0 fully saturated rings. The number of carbonyl (C=O) groups is 1. The topological polar surface area (TPSA) is 75.8 Å². The van der Waals surface area contributed by atoms with Gasteiger partial charge in [-0.1, -0.05) is 0 Å². The van der Waals surface area contributed by atoms with Crippen LogP contribution in [-0.4, -0.2) is 49.3 Å². The Hall–Kier alpha value is -1.80. The fraction of sp³-hybridized carbons (Fsp3) is 0.417. The molecule has 0 aliphatic rings. The van der Waals surface area contributed by atoms with Crippen molar-refractivity contribution < 1.29 is 27.8 Å². The molecule has 3 N–H and O–H groups in total. The molecule has 8 heteroatoms. The smallest absolute Gasteiger partial charge is 0.257 e. The van der Waals surface area contributed by atoms with E-state index in [1.54, 1.807) is 0 Å². The van der Waals surface area contributed by atoms with Crippen molar-refractivity contribution >= 4 is 5.91 Å².